The molecule has 4 heteroatoms. The van der Waals surface area contributed by atoms with E-state index in [1.807, 2.05) is 0 Å². The molecule has 11 heavy (non-hydrogen) atoms. The van der Waals surface area contributed by atoms with Gasteiger partial charge in [0.05, 0.1) is 6.93 Å². The number of carboxylic acid groups (broad SMARTS) is 1. The summed E-state index contributed by atoms with van der Waals surface area (Å²) >= 11 is 0. The third-order valence-corrected chi connectivity index (χ3v) is 1.13. The first kappa shape index (κ1) is 6.03. The number of phenols is 2. The number of benzene rings is 1. The molecule has 0 bridgehead atoms. The molecule has 1 aromatic carbocycles. The molecule has 0 aliphatic carbocycles. The topological polar surface area (TPSA) is 77.8 Å². The third kappa shape index (κ3) is 1.40. The highest BCUT2D eigenvalue weighted by atomic mass is 16.4. The van der Waals surface area contributed by atoms with Gasteiger partial charge in [-0.15, -0.1) is 0 Å². The van der Waals surface area contributed by atoms with Gasteiger partial charge < -0.3 is 15.3 Å². The van der Waals surface area contributed by atoms with Crippen LogP contribution < -0.4 is 0 Å². The highest BCUT2D eigenvalue weighted by Gasteiger charge is 2.05. The molecular weight excluding hydrogens is 148 g/mol. The number of phenolic OH excluding ortho intramolecular Hbond substituents is 2. The van der Waals surface area contributed by atoms with Crippen LogP contribution >= 0.6 is 0 Å². The van der Waals surface area contributed by atoms with Crippen LogP contribution in [0.5, 0.6) is 11.5 Å². The summed E-state index contributed by atoms with van der Waals surface area (Å²) in [6.07, 6.45) is 0. The summed E-state index contributed by atoms with van der Waals surface area (Å²) in [5, 5.41) is 26.2. The Morgan fingerprint density at radius 1 is 1.36 bits per heavy atom. The normalized spacial score (nSPS) is 10.7. The molecule has 0 aromatic heterocycles. The van der Waals surface area contributed by atoms with Crippen molar-refractivity contribution in [3.8, 4) is 11.5 Å². The molecule has 0 aliphatic heterocycles. The van der Waals surface area contributed by atoms with Gasteiger partial charge in [-0.1, -0.05) is 0 Å². The molecule has 0 saturated heterocycles. The number of hydrogen-bond acceptors (Lipinski definition) is 3. The van der Waals surface area contributed by atoms with Crippen LogP contribution in [0.3, 0.4) is 0 Å². The Balaban J connectivity index is 3.36. The first-order valence-corrected chi connectivity index (χ1v) is 2.79. The molecule has 0 spiro atoms. The second-order valence-corrected chi connectivity index (χ2v) is 1.91. The lowest BCUT2D eigenvalue weighted by Crippen LogP contribution is -1.94. The first-order chi connectivity index (χ1) is 5.54. The average Bonchev–Trinajstić information content (AvgIpc) is 2.00. The van der Waals surface area contributed by atoms with E-state index in [0.29, 0.717) is 0 Å². The molecular formula is C7H6O4. The summed E-state index contributed by atoms with van der Waals surface area (Å²) in [6, 6.07) is 1.50. The fraction of sp³-hybridized carbons (Fsp3) is 0. The predicted molar refractivity (Wildman–Crippen MR) is 36.7 cm³/mol. The van der Waals surface area contributed by atoms with Crippen molar-refractivity contribution in [2.45, 2.75) is 0 Å². The van der Waals surface area contributed by atoms with Gasteiger partial charge in [0.25, 0.3) is 0 Å². The van der Waals surface area contributed by atoms with Gasteiger partial charge in [-0.2, -0.15) is 0 Å². The van der Waals surface area contributed by atoms with Crippen LogP contribution in [0.25, 0.3) is 0 Å². The van der Waals surface area contributed by atoms with Crippen LogP contribution in [0.2, 0.25) is 0 Å². The second-order valence-electron chi connectivity index (χ2n) is 1.91. The number of rotatable bonds is 1. The van der Waals surface area contributed by atoms with Crippen LogP contribution in [0.15, 0.2) is 18.2 Å². The van der Waals surface area contributed by atoms with Crippen molar-refractivity contribution in [3.63, 3.8) is 0 Å². The Hall–Kier alpha value is -1.71. The molecule has 0 unspecified atom stereocenters. The van der Waals surface area contributed by atoms with E-state index in [9.17, 15) is 4.79 Å². The number of hydrogen-bond donors (Lipinski definition) is 3. The molecule has 0 radical (unpaired) electrons. The highest BCUT2D eigenvalue weighted by molar-refractivity contribution is 5.88. The molecule has 0 fully saturated rings. The summed E-state index contributed by atoms with van der Waals surface area (Å²) in [5.41, 5.74) is -0.342. The maximum absolute atomic E-state index is 10.4. The van der Waals surface area contributed by atoms with Gasteiger partial charge >= 0.3 is 5.97 Å². The van der Waals surface area contributed by atoms with Gasteiger partial charge in [0.1, 0.15) is 0 Å². The van der Waals surface area contributed by atoms with Crippen molar-refractivity contribution >= 4 is 5.97 Å². The lowest BCUT2D eigenvalue weighted by Gasteiger charge is -1.97. The largest absolute Gasteiger partial charge is 0.504 e. The van der Waals surface area contributed by atoms with E-state index < -0.39 is 23.5 Å². The number of aromatic carboxylic acids is 1. The van der Waals surface area contributed by atoms with Crippen molar-refractivity contribution in [2.24, 2.45) is 0 Å². The Labute approximate surface area is 63.7 Å². The average molecular weight is 155 g/mol. The Morgan fingerprint density at radius 2 is 2.00 bits per heavy atom. The maximum atomic E-state index is 10.4. The Bertz CT molecular complexity index is 334. The molecule has 0 atom stereocenters. The van der Waals surface area contributed by atoms with Gasteiger partial charge in [0, 0.05) is 0 Å². The van der Waals surface area contributed by atoms with E-state index in [4.69, 9.17) is 16.7 Å². The molecule has 58 valence electrons. The van der Waals surface area contributed by atoms with Crippen LogP contribution in [0.4, 0.5) is 0 Å². The second kappa shape index (κ2) is 2.49. The Morgan fingerprint density at radius 3 is 2.55 bits per heavy atom. The van der Waals surface area contributed by atoms with Crippen LogP contribution in [0, 0.1) is 0 Å². The monoisotopic (exact) mass is 155 g/mol. The molecule has 1 rings (SSSR count). The third-order valence-electron chi connectivity index (χ3n) is 1.13. The van der Waals surface area contributed by atoms with Crippen molar-refractivity contribution in [2.75, 3.05) is 0 Å². The summed E-state index contributed by atoms with van der Waals surface area (Å²) < 4.78 is 7.08. The number of aromatic hydroxyl groups is 2. The Kier molecular flexibility index (Phi) is 1.37. The van der Waals surface area contributed by atoms with Gasteiger partial charge in [0.2, 0.25) is 0 Å². The van der Waals surface area contributed by atoms with Crippen molar-refractivity contribution in [1.82, 2.24) is 0 Å². The number of carboxylic acids is 1. The molecule has 3 N–H and O–H groups in total. The summed E-state index contributed by atoms with van der Waals surface area (Å²) in [5.74, 6) is -2.52. The lowest BCUT2D eigenvalue weighted by molar-refractivity contribution is 0.0696. The minimum Gasteiger partial charge on any atom is -0.504 e. The standard InChI is InChI=1S/C7H6O4/c8-5-2-1-4(7(10)11)3-6(5)9/h1-3,8-9H,(H,10,11)/i3D. The zero-order valence-corrected chi connectivity index (χ0v) is 5.40. The summed E-state index contributed by atoms with van der Waals surface area (Å²) in [7, 11) is 0. The molecule has 4 nitrogen and oxygen atoms in total. The molecule has 0 amide bonds. The van der Waals surface area contributed by atoms with Crippen molar-refractivity contribution in [3.05, 3.63) is 23.7 Å². The van der Waals surface area contributed by atoms with Crippen LogP contribution in [0.1, 0.15) is 11.7 Å². The SMILES string of the molecule is [2H]c1c(C(=O)O)ccc(O)c1O. The van der Waals surface area contributed by atoms with Crippen LogP contribution in [-0.2, 0) is 0 Å². The minimum absolute atomic E-state index is 0.342. The van der Waals surface area contributed by atoms with E-state index in [2.05, 4.69) is 0 Å². The molecule has 0 aliphatic rings. The van der Waals surface area contributed by atoms with Gasteiger partial charge in [-0.05, 0) is 18.2 Å². The molecule has 1 aromatic rings. The molecule has 0 heterocycles. The summed E-state index contributed by atoms with van der Waals surface area (Å²) in [6.45, 7) is 0. The first-order valence-electron chi connectivity index (χ1n) is 3.29. The number of carbonyl (C=O) groups is 1. The predicted octanol–water partition coefficient (Wildman–Crippen LogP) is 0.796. The zero-order chi connectivity index (χ0) is 9.30. The van der Waals surface area contributed by atoms with Gasteiger partial charge in [0.15, 0.2) is 11.5 Å². The summed E-state index contributed by atoms with van der Waals surface area (Å²) in [4.78, 5) is 10.4. The van der Waals surface area contributed by atoms with Crippen LogP contribution in [-0.4, -0.2) is 21.3 Å². The zero-order valence-electron chi connectivity index (χ0n) is 6.40. The molecule has 0 saturated carbocycles. The van der Waals surface area contributed by atoms with E-state index in [0.717, 1.165) is 12.1 Å². The van der Waals surface area contributed by atoms with E-state index in [-0.39, 0.29) is 5.56 Å². The fourth-order valence-electron chi connectivity index (χ4n) is 0.599. The van der Waals surface area contributed by atoms with E-state index in [1.165, 1.54) is 0 Å². The van der Waals surface area contributed by atoms with Crippen molar-refractivity contribution in [1.29, 1.82) is 0 Å². The van der Waals surface area contributed by atoms with E-state index in [1.54, 1.807) is 0 Å². The maximum Gasteiger partial charge on any atom is 0.335 e. The van der Waals surface area contributed by atoms with Crippen molar-refractivity contribution < 1.29 is 21.5 Å². The highest BCUT2D eigenvalue weighted by Crippen LogP contribution is 2.24. The lowest BCUT2D eigenvalue weighted by atomic mass is 10.2. The fourth-order valence-corrected chi connectivity index (χ4v) is 0.599. The minimum atomic E-state index is -1.31. The quantitative estimate of drug-likeness (QED) is 0.524. The van der Waals surface area contributed by atoms with Gasteiger partial charge in [-0.3, -0.25) is 0 Å². The van der Waals surface area contributed by atoms with E-state index >= 15 is 0 Å². The smallest absolute Gasteiger partial charge is 0.335 e. The van der Waals surface area contributed by atoms with Gasteiger partial charge in [-0.25, -0.2) is 4.79 Å².